The van der Waals surface area contributed by atoms with Gasteiger partial charge in [0.05, 0.1) is 44.1 Å². The minimum absolute atomic E-state index is 0.567. The third-order valence-electron chi connectivity index (χ3n) is 26.7. The molecule has 0 aliphatic heterocycles. The highest BCUT2D eigenvalue weighted by atomic mass is 15.2. The highest BCUT2D eigenvalue weighted by Gasteiger charge is 2.23. The quantitative estimate of drug-likeness (QED) is 0.160. The predicted molar refractivity (Wildman–Crippen MR) is 550 cm³/mol. The molecule has 7 heteroatoms. The Morgan fingerprint density at radius 2 is 0.308 bits per heavy atom. The molecule has 0 aliphatic rings. The molecular weight excluding hydrogens is 1580 g/mol. The van der Waals surface area contributed by atoms with Crippen LogP contribution in [-0.4, -0.2) is 33.2 Å². The maximum absolute atomic E-state index is 5.24. The Balaban J connectivity index is 0.000000137. The average molecular weight is 1650 g/mol. The monoisotopic (exact) mass is 1650 g/mol. The number of hydrogen-bond donors (Lipinski definition) is 0. The molecule has 604 valence electrons. The normalized spacial score (nSPS) is 11.8. The average Bonchev–Trinajstić information content (AvgIpc) is 1.60. The second kappa shape index (κ2) is 30.2. The van der Waals surface area contributed by atoms with Crippen LogP contribution in [0.1, 0.15) is 0 Å². The summed E-state index contributed by atoms with van der Waals surface area (Å²) in [6.07, 6.45) is 0. The molecular formula is C123H77N7. The Hall–Kier alpha value is -17.4. The first kappa shape index (κ1) is 74.1. The summed E-state index contributed by atoms with van der Waals surface area (Å²) in [5.41, 5.74) is 16.8. The summed E-state index contributed by atoms with van der Waals surface area (Å²) < 4.78 is 9.45. The third kappa shape index (κ3) is 12.6. The standard InChI is InChI=1S/C63H39N5.C60H38N2/c1-4-13-40(14-5-1)61-64-62(41-15-6-2-7-16-41)66-63(65-61)68-59-31-27-49-37-55(59)56-39-51(28-32-60(56)68)50-26-30-58-54(38-50)53-36-48(25-29-57(53)67(58)52-23-8-3-9-24-52)46-21-11-19-44(34-46)42-17-10-18-43(33-42)45-20-12-22-47(49)35-45;1-3-10-39(11-4-1)40-20-26-52(27-21-40)62-59-29-23-48-36-54(59)56-38-50(25-31-60(56)62)49-24-30-58-55(37-49)53-35-47(22-28-57(53)61(58)51-18-5-2-6-19-51)45-16-8-14-43(33-45)41-12-7-13-42(32-41)44-15-9-17-46(48)34-44/h1-39H;1-38H. The van der Waals surface area contributed by atoms with E-state index in [1.807, 2.05) is 36.4 Å². The topological polar surface area (TPSA) is 58.4 Å². The zero-order chi connectivity index (χ0) is 85.4. The van der Waals surface area contributed by atoms with E-state index < -0.39 is 0 Å². The summed E-state index contributed by atoms with van der Waals surface area (Å²) >= 11 is 0. The molecule has 0 fully saturated rings. The van der Waals surface area contributed by atoms with Gasteiger partial charge in [0.1, 0.15) is 0 Å². The van der Waals surface area contributed by atoms with Gasteiger partial charge < -0.3 is 13.7 Å². The van der Waals surface area contributed by atoms with Crippen LogP contribution in [0.5, 0.6) is 0 Å². The number of nitrogens with zero attached hydrogens (tertiary/aromatic N) is 7. The highest BCUT2D eigenvalue weighted by molar-refractivity contribution is 6.20. The van der Waals surface area contributed by atoms with E-state index in [1.165, 1.54) is 163 Å². The second-order valence-electron chi connectivity index (χ2n) is 34.3. The van der Waals surface area contributed by atoms with Crippen LogP contribution in [0.4, 0.5) is 0 Å². The first-order valence-electron chi connectivity index (χ1n) is 44.5. The molecule has 0 saturated carbocycles. The van der Waals surface area contributed by atoms with Crippen molar-refractivity contribution < 1.29 is 0 Å². The van der Waals surface area contributed by atoms with E-state index in [2.05, 4.69) is 449 Å². The third-order valence-corrected chi connectivity index (χ3v) is 26.7. The number of hydrogen-bond acceptors (Lipinski definition) is 3. The molecule has 7 nitrogen and oxygen atoms in total. The van der Waals surface area contributed by atoms with Crippen molar-refractivity contribution in [3.05, 3.63) is 467 Å². The summed E-state index contributed by atoms with van der Waals surface area (Å²) in [5, 5.41) is 33.2. The van der Waals surface area contributed by atoms with E-state index in [1.54, 1.807) is 0 Å². The number of rotatable bonds is 7. The molecule has 0 amide bonds. The van der Waals surface area contributed by atoms with Gasteiger partial charge in [0.2, 0.25) is 5.95 Å². The summed E-state index contributed by atoms with van der Waals surface area (Å²) in [5.74, 6) is 1.81. The molecule has 5 aromatic heterocycles. The molecule has 0 spiro atoms. The molecule has 0 saturated heterocycles. The van der Waals surface area contributed by atoms with Gasteiger partial charge in [0.25, 0.3) is 0 Å². The van der Waals surface area contributed by atoms with Crippen LogP contribution in [0, 0.1) is 0 Å². The van der Waals surface area contributed by atoms with Crippen molar-refractivity contribution in [3.8, 4) is 56.9 Å². The van der Waals surface area contributed by atoms with Crippen LogP contribution in [-0.2, 0) is 0 Å². The predicted octanol–water partition coefficient (Wildman–Crippen LogP) is 32.7. The lowest BCUT2D eigenvalue weighted by atomic mass is 10.0. The molecule has 28 bridgehead atoms. The zero-order valence-electron chi connectivity index (χ0n) is 70.6. The highest BCUT2D eigenvalue weighted by Crippen LogP contribution is 2.43. The maximum atomic E-state index is 5.24. The largest absolute Gasteiger partial charge is 0.309 e. The number of para-hydroxylation sites is 2. The van der Waals surface area contributed by atoms with E-state index in [4.69, 9.17) is 15.0 Å². The molecule has 0 unspecified atom stereocenters. The first-order valence-corrected chi connectivity index (χ1v) is 44.5. The zero-order valence-corrected chi connectivity index (χ0v) is 70.6. The lowest BCUT2D eigenvalue weighted by Crippen LogP contribution is -2.06. The van der Waals surface area contributed by atoms with E-state index >= 15 is 0 Å². The van der Waals surface area contributed by atoms with Gasteiger partial charge in [-0.3, -0.25) is 4.57 Å². The second-order valence-corrected chi connectivity index (χ2v) is 34.3. The Kier molecular flexibility index (Phi) is 17.2. The molecule has 0 N–H and O–H groups in total. The van der Waals surface area contributed by atoms with Crippen LogP contribution >= 0.6 is 0 Å². The molecule has 0 radical (unpaired) electrons. The summed E-state index contributed by atoms with van der Waals surface area (Å²) in [6.45, 7) is 0. The van der Waals surface area contributed by atoms with E-state index in [9.17, 15) is 0 Å². The van der Waals surface area contributed by atoms with Gasteiger partial charge in [0.15, 0.2) is 11.6 Å². The van der Waals surface area contributed by atoms with Crippen molar-refractivity contribution in [2.45, 2.75) is 0 Å². The Morgan fingerprint density at radius 1 is 0.123 bits per heavy atom. The van der Waals surface area contributed by atoms with Gasteiger partial charge in [-0.2, -0.15) is 9.97 Å². The van der Waals surface area contributed by atoms with Gasteiger partial charge in [0, 0.05) is 71.3 Å². The number of fused-ring (bicyclic) bond motifs is 30. The Morgan fingerprint density at radius 3 is 0.538 bits per heavy atom. The van der Waals surface area contributed by atoms with Crippen molar-refractivity contribution in [1.82, 2.24) is 33.2 Å². The molecule has 22 aromatic carbocycles. The summed E-state index contributed by atoms with van der Waals surface area (Å²) in [7, 11) is 0. The number of aromatic nitrogens is 7. The van der Waals surface area contributed by atoms with E-state index in [0.29, 0.717) is 17.6 Å². The fourth-order valence-corrected chi connectivity index (χ4v) is 20.3. The van der Waals surface area contributed by atoms with Gasteiger partial charge >= 0.3 is 0 Å². The molecule has 0 atom stereocenters. The molecule has 27 aromatic rings. The van der Waals surface area contributed by atoms with Gasteiger partial charge in [-0.15, -0.1) is 0 Å². The van der Waals surface area contributed by atoms with Crippen LogP contribution in [0.3, 0.4) is 0 Å². The van der Waals surface area contributed by atoms with Gasteiger partial charge in [-0.1, -0.05) is 297 Å². The number of benzene rings is 20. The maximum Gasteiger partial charge on any atom is 0.238 e. The Labute approximate surface area is 747 Å². The first-order chi connectivity index (χ1) is 64.4. The van der Waals surface area contributed by atoms with Gasteiger partial charge in [-0.25, -0.2) is 4.98 Å². The molecule has 0 aliphatic carbocycles. The minimum atomic E-state index is 0.567. The lowest BCUT2D eigenvalue weighted by molar-refractivity contribution is 0.953. The van der Waals surface area contributed by atoms with Crippen LogP contribution in [0.2, 0.25) is 0 Å². The molecule has 130 heavy (non-hydrogen) atoms. The van der Waals surface area contributed by atoms with Crippen molar-refractivity contribution >= 4 is 195 Å². The van der Waals surface area contributed by atoms with Crippen molar-refractivity contribution in [3.63, 3.8) is 0 Å². The molecule has 27 rings (SSSR count). The fourth-order valence-electron chi connectivity index (χ4n) is 20.3. The van der Waals surface area contributed by atoms with Crippen LogP contribution in [0.15, 0.2) is 467 Å². The summed E-state index contributed by atoms with van der Waals surface area (Å²) in [6, 6.07) is 171. The smallest absolute Gasteiger partial charge is 0.238 e. The van der Waals surface area contributed by atoms with Crippen molar-refractivity contribution in [2.24, 2.45) is 0 Å². The fraction of sp³-hybridized carbons (Fsp3) is 0. The summed E-state index contributed by atoms with van der Waals surface area (Å²) in [4.78, 5) is 15.5. The minimum Gasteiger partial charge on any atom is -0.309 e. The Bertz CT molecular complexity index is 9470. The van der Waals surface area contributed by atoms with E-state index in [-0.39, 0.29) is 0 Å². The van der Waals surface area contributed by atoms with Gasteiger partial charge in [-0.05, 0) is 289 Å². The van der Waals surface area contributed by atoms with Crippen LogP contribution in [0.25, 0.3) is 252 Å². The van der Waals surface area contributed by atoms with E-state index in [0.717, 1.165) is 71.5 Å². The van der Waals surface area contributed by atoms with Crippen molar-refractivity contribution in [1.29, 1.82) is 0 Å². The molecule has 5 heterocycles. The van der Waals surface area contributed by atoms with Crippen LogP contribution < -0.4 is 0 Å². The lowest BCUT2D eigenvalue weighted by Gasteiger charge is -2.11. The van der Waals surface area contributed by atoms with Crippen molar-refractivity contribution in [2.75, 3.05) is 0 Å². The SMILES string of the molecule is c1ccc(-c2ccc(-n3c4ccc5cc4c4cc(ccc43)c3ccc4c(c3)c3cc(ccc3n4-c3ccccc3)c3cccc(c3)c3cccc(c3)c3cccc5c3)cc2)cc1.c1ccc(-c2nc(-c3ccccc3)nc(-n3c4ccc5cc4c4cc(ccc43)c3ccc4c(c3)c3cc(ccc3n4-c3ccccc3)c3cccc(c3)c3cccc(c3)c3cccc5c3)n2)cc1.